The highest BCUT2D eigenvalue weighted by Gasteiger charge is 2.39. The normalized spacial score (nSPS) is 14.1. The summed E-state index contributed by atoms with van der Waals surface area (Å²) in [6, 6.07) is 17.3. The minimum absolute atomic E-state index is 0.0153. The van der Waals surface area contributed by atoms with Crippen molar-refractivity contribution >= 4 is 52.7 Å². The molecule has 1 N–H and O–H groups in total. The van der Waals surface area contributed by atoms with Gasteiger partial charge in [-0.25, -0.2) is 0 Å². The highest BCUT2D eigenvalue weighted by molar-refractivity contribution is 6.31. The maximum absolute atomic E-state index is 13.0. The number of nitrogens with one attached hydrogen (secondary N) is 1. The smallest absolute Gasteiger partial charge is 0.211 e. The first-order chi connectivity index (χ1) is 20.9. The van der Waals surface area contributed by atoms with E-state index in [4.69, 9.17) is 39.5 Å². The van der Waals surface area contributed by atoms with E-state index in [1.165, 1.54) is 5.57 Å². The number of anilines is 1. The molecule has 0 aliphatic carbocycles. The van der Waals surface area contributed by atoms with Crippen molar-refractivity contribution in [2.75, 3.05) is 5.32 Å². The lowest BCUT2D eigenvalue weighted by Gasteiger charge is -2.38. The second-order valence-electron chi connectivity index (χ2n) is 11.5. The first kappa shape index (κ1) is 35.7. The molecule has 0 aliphatic heterocycles. The third kappa shape index (κ3) is 8.07. The molecule has 0 fully saturated rings. The van der Waals surface area contributed by atoms with Gasteiger partial charge in [-0.1, -0.05) is 79.4 Å². The van der Waals surface area contributed by atoms with Gasteiger partial charge in [-0.3, -0.25) is 9.59 Å². The van der Waals surface area contributed by atoms with E-state index in [1.807, 2.05) is 69.3 Å². The number of halogens is 3. The molecule has 0 heterocycles. The fourth-order valence-electron chi connectivity index (χ4n) is 6.37. The third-order valence-corrected chi connectivity index (χ3v) is 9.74. The molecule has 0 aliphatic rings. The Morgan fingerprint density at radius 3 is 2.02 bits per heavy atom. The van der Waals surface area contributed by atoms with Gasteiger partial charge < -0.3 is 10.1 Å². The summed E-state index contributed by atoms with van der Waals surface area (Å²) in [6.45, 7) is 14.0. The molecule has 4 nitrogen and oxygen atoms in total. The molecule has 0 saturated heterocycles. The molecule has 0 saturated carbocycles. The van der Waals surface area contributed by atoms with Gasteiger partial charge in [0.05, 0.1) is 0 Å². The lowest BCUT2D eigenvalue weighted by molar-refractivity contribution is -0.133. The highest BCUT2D eigenvalue weighted by Crippen LogP contribution is 2.53. The van der Waals surface area contributed by atoms with Crippen LogP contribution in [0.5, 0.6) is 5.75 Å². The molecule has 0 spiro atoms. The minimum Gasteiger partial charge on any atom is -0.479 e. The van der Waals surface area contributed by atoms with E-state index in [-0.39, 0.29) is 23.5 Å². The summed E-state index contributed by atoms with van der Waals surface area (Å²) in [5.41, 5.74) is 4.97. The summed E-state index contributed by atoms with van der Waals surface area (Å²) < 4.78 is 6.75. The molecule has 0 aromatic heterocycles. The molecule has 44 heavy (non-hydrogen) atoms. The number of carbonyl (C=O) groups excluding carboxylic acids is 2. The van der Waals surface area contributed by atoms with Crippen LogP contribution in [0.4, 0.5) is 5.69 Å². The zero-order valence-corrected chi connectivity index (χ0v) is 29.0. The van der Waals surface area contributed by atoms with Crippen LogP contribution in [0, 0.1) is 6.92 Å². The third-order valence-electron chi connectivity index (χ3n) is 9.03. The number of ether oxygens (including phenoxy) is 1. The molecular formula is C37H44Cl3NO3. The maximum atomic E-state index is 13.0. The van der Waals surface area contributed by atoms with Crippen LogP contribution in [0.25, 0.3) is 0 Å². The average molecular weight is 657 g/mol. The minimum atomic E-state index is -0.962. The van der Waals surface area contributed by atoms with Gasteiger partial charge in [0, 0.05) is 26.7 Å². The van der Waals surface area contributed by atoms with Crippen molar-refractivity contribution in [2.45, 2.75) is 97.5 Å². The lowest BCUT2D eigenvalue weighted by Crippen LogP contribution is -2.42. The first-order valence-corrected chi connectivity index (χ1v) is 16.4. The summed E-state index contributed by atoms with van der Waals surface area (Å²) >= 11 is 19.8. The molecule has 0 bridgehead atoms. The number of ketones is 1. The van der Waals surface area contributed by atoms with Gasteiger partial charge in [0.2, 0.25) is 6.41 Å². The van der Waals surface area contributed by atoms with E-state index in [2.05, 4.69) is 32.2 Å². The zero-order valence-electron chi connectivity index (χ0n) is 26.8. The molecular weight excluding hydrogens is 613 g/mol. The number of benzene rings is 3. The molecule has 3 atom stereocenters. The first-order valence-electron chi connectivity index (χ1n) is 15.3. The number of allylic oxidation sites excluding steroid dienone is 2. The molecule has 7 heteroatoms. The van der Waals surface area contributed by atoms with Crippen molar-refractivity contribution in [3.8, 4) is 5.75 Å². The fourth-order valence-corrected chi connectivity index (χ4v) is 6.90. The van der Waals surface area contributed by atoms with E-state index >= 15 is 0 Å². The number of carbonyl (C=O) groups is 2. The Bertz CT molecular complexity index is 1500. The molecule has 3 rings (SSSR count). The lowest BCUT2D eigenvalue weighted by atomic mass is 9.67. The molecule has 1 amide bonds. The molecule has 0 radical (unpaired) electrons. The Balaban J connectivity index is 2.46. The molecule has 3 aromatic carbocycles. The number of hydrogen-bond donors (Lipinski definition) is 1. The van der Waals surface area contributed by atoms with E-state index in [0.717, 1.165) is 28.7 Å². The quantitative estimate of drug-likeness (QED) is 0.131. The van der Waals surface area contributed by atoms with Crippen LogP contribution in [0.3, 0.4) is 0 Å². The van der Waals surface area contributed by atoms with Crippen LogP contribution in [-0.2, 0) is 9.59 Å². The van der Waals surface area contributed by atoms with Crippen molar-refractivity contribution in [3.63, 3.8) is 0 Å². The Hall–Kier alpha value is -2.79. The van der Waals surface area contributed by atoms with Crippen LogP contribution in [-0.4, -0.2) is 17.8 Å². The maximum Gasteiger partial charge on any atom is 0.211 e. The number of hydrogen-bond acceptors (Lipinski definition) is 3. The molecule has 236 valence electrons. The van der Waals surface area contributed by atoms with Crippen LogP contribution in [0.1, 0.15) is 107 Å². The molecule has 3 aromatic rings. The standard InChI is InChI=1S/C37H44Cl3NO3/c1-8-23(5)18-33(32-20-27(39)15-17-35(32)44-37(10-3,11-4)25(7)43)36(30-16-14-28(40)21-34(30)41-22-42)29(9-2)31-19-26(38)13-12-24(31)6/h8,12-17,19-22,29,33,36H,9-11,18H2,1-7H3,(H,41,42)/b23-8+. The van der Waals surface area contributed by atoms with Gasteiger partial charge in [0.25, 0.3) is 0 Å². The Morgan fingerprint density at radius 2 is 1.45 bits per heavy atom. The van der Waals surface area contributed by atoms with Gasteiger partial charge in [-0.15, -0.1) is 0 Å². The van der Waals surface area contributed by atoms with Crippen LogP contribution >= 0.6 is 34.8 Å². The predicted octanol–water partition coefficient (Wildman–Crippen LogP) is 11.5. The van der Waals surface area contributed by atoms with Crippen LogP contribution in [0.2, 0.25) is 15.1 Å². The van der Waals surface area contributed by atoms with E-state index in [0.29, 0.717) is 52.2 Å². The number of Topliss-reactive ketones (excluding diaryl/α,β-unsaturated/α-hetero) is 1. The van der Waals surface area contributed by atoms with Gasteiger partial charge in [0.1, 0.15) is 5.75 Å². The summed E-state index contributed by atoms with van der Waals surface area (Å²) in [4.78, 5) is 24.9. The number of rotatable bonds is 15. The Morgan fingerprint density at radius 1 is 0.864 bits per heavy atom. The zero-order chi connectivity index (χ0) is 32.6. The van der Waals surface area contributed by atoms with Crippen LogP contribution < -0.4 is 10.1 Å². The molecule has 3 unspecified atom stereocenters. The topological polar surface area (TPSA) is 55.4 Å². The van der Waals surface area contributed by atoms with Crippen molar-refractivity contribution in [3.05, 3.63) is 104 Å². The second kappa shape index (κ2) is 16.0. The largest absolute Gasteiger partial charge is 0.479 e. The SMILES string of the molecule is C/C=C(\C)CC(c1cc(Cl)ccc1OC(CC)(CC)C(C)=O)C(c1ccc(Cl)cc1NC=O)C(CC)c1cc(Cl)ccc1C. The van der Waals surface area contributed by atoms with E-state index < -0.39 is 5.60 Å². The highest BCUT2D eigenvalue weighted by atomic mass is 35.5. The number of amides is 1. The van der Waals surface area contributed by atoms with Crippen molar-refractivity contribution in [1.82, 2.24) is 0 Å². The summed E-state index contributed by atoms with van der Waals surface area (Å²) in [5, 5.41) is 4.68. The van der Waals surface area contributed by atoms with Gasteiger partial charge in [0.15, 0.2) is 11.4 Å². The predicted molar refractivity (Wildman–Crippen MR) is 186 cm³/mol. The average Bonchev–Trinajstić information content (AvgIpc) is 3.00. The Labute approximate surface area is 278 Å². The van der Waals surface area contributed by atoms with E-state index in [9.17, 15) is 9.59 Å². The van der Waals surface area contributed by atoms with E-state index in [1.54, 1.807) is 13.0 Å². The number of aryl methyl sites for hydroxylation is 1. The van der Waals surface area contributed by atoms with Crippen molar-refractivity contribution in [2.24, 2.45) is 0 Å². The summed E-state index contributed by atoms with van der Waals surface area (Å²) in [7, 11) is 0. The van der Waals surface area contributed by atoms with Gasteiger partial charge in [-0.2, -0.15) is 0 Å². The fraction of sp³-hybridized carbons (Fsp3) is 0.405. The van der Waals surface area contributed by atoms with Gasteiger partial charge in [-0.05, 0) is 130 Å². The summed E-state index contributed by atoms with van der Waals surface area (Å²) in [5.74, 6) is 0.247. The Kier molecular flexibility index (Phi) is 13.0. The van der Waals surface area contributed by atoms with Gasteiger partial charge >= 0.3 is 0 Å². The van der Waals surface area contributed by atoms with Crippen molar-refractivity contribution in [1.29, 1.82) is 0 Å². The summed E-state index contributed by atoms with van der Waals surface area (Å²) in [6.07, 6.45) is 5.34. The van der Waals surface area contributed by atoms with Crippen LogP contribution in [0.15, 0.2) is 66.2 Å². The monoisotopic (exact) mass is 655 g/mol. The second-order valence-corrected chi connectivity index (χ2v) is 12.8. The van der Waals surface area contributed by atoms with Crippen molar-refractivity contribution < 1.29 is 14.3 Å².